The van der Waals surface area contributed by atoms with E-state index in [0.29, 0.717) is 40.8 Å². The average molecular weight is 477 g/mol. The molecule has 9 nitrogen and oxygen atoms in total. The number of rotatable bonds is 9. The smallest absolute Gasteiger partial charge is 0.251 e. The van der Waals surface area contributed by atoms with Crippen LogP contribution in [0.1, 0.15) is 21.7 Å². The summed E-state index contributed by atoms with van der Waals surface area (Å²) >= 11 is 1.33. The van der Waals surface area contributed by atoms with Crippen molar-refractivity contribution < 1.29 is 14.3 Å². The molecule has 0 radical (unpaired) electrons. The number of nitrogens with one attached hydrogen (secondary N) is 2. The Balaban J connectivity index is 1.33. The Morgan fingerprint density at radius 2 is 1.82 bits per heavy atom. The van der Waals surface area contributed by atoms with E-state index >= 15 is 0 Å². The Morgan fingerprint density at radius 3 is 2.59 bits per heavy atom. The molecule has 2 amide bonds. The summed E-state index contributed by atoms with van der Waals surface area (Å²) in [6, 6.07) is 18.2. The van der Waals surface area contributed by atoms with Crippen LogP contribution in [0.4, 0.5) is 5.69 Å². The van der Waals surface area contributed by atoms with Crippen LogP contribution < -0.4 is 15.4 Å². The number of nitrogens with zero attached hydrogens (tertiary/aromatic N) is 4. The number of methoxy groups -OCH3 is 1. The van der Waals surface area contributed by atoms with Gasteiger partial charge in [0.25, 0.3) is 5.91 Å². The fourth-order valence-electron chi connectivity index (χ4n) is 3.22. The molecule has 4 aromatic rings. The van der Waals surface area contributed by atoms with Crippen LogP contribution in [-0.4, -0.2) is 51.0 Å². The van der Waals surface area contributed by atoms with Crippen molar-refractivity contribution in [2.24, 2.45) is 0 Å². The number of fused-ring (bicyclic) bond motifs is 1. The average Bonchev–Trinajstić information content (AvgIpc) is 3.26. The van der Waals surface area contributed by atoms with Crippen LogP contribution in [-0.2, 0) is 11.2 Å². The summed E-state index contributed by atoms with van der Waals surface area (Å²) in [7, 11) is 1.58. The van der Waals surface area contributed by atoms with E-state index in [2.05, 4.69) is 25.9 Å². The minimum absolute atomic E-state index is 0.105. The summed E-state index contributed by atoms with van der Waals surface area (Å²) in [6.07, 6.45) is 0.456. The van der Waals surface area contributed by atoms with Crippen LogP contribution in [0, 0.1) is 6.92 Å². The summed E-state index contributed by atoms with van der Waals surface area (Å²) in [4.78, 5) is 24.7. The minimum atomic E-state index is -0.180. The minimum Gasteiger partial charge on any atom is -0.497 e. The predicted molar refractivity (Wildman–Crippen MR) is 130 cm³/mol. The van der Waals surface area contributed by atoms with Gasteiger partial charge in [0.1, 0.15) is 10.8 Å². The Hall–Kier alpha value is -3.92. The third-order valence-corrected chi connectivity index (χ3v) is 5.98. The topological polar surface area (TPSA) is 111 Å². The van der Waals surface area contributed by atoms with E-state index < -0.39 is 0 Å². The summed E-state index contributed by atoms with van der Waals surface area (Å²) in [5.41, 5.74) is 2.96. The second kappa shape index (κ2) is 10.8. The van der Waals surface area contributed by atoms with Crippen molar-refractivity contribution in [2.75, 3.05) is 24.7 Å². The second-order valence-electron chi connectivity index (χ2n) is 7.44. The molecule has 0 aliphatic carbocycles. The van der Waals surface area contributed by atoms with Crippen molar-refractivity contribution in [2.45, 2.75) is 18.4 Å². The number of aryl methyl sites for hydroxylation is 1. The number of hydrogen-bond acceptors (Lipinski definition) is 7. The Labute approximate surface area is 200 Å². The molecule has 0 saturated heterocycles. The lowest BCUT2D eigenvalue weighted by molar-refractivity contribution is -0.113. The van der Waals surface area contributed by atoms with E-state index in [1.165, 1.54) is 11.8 Å². The van der Waals surface area contributed by atoms with E-state index in [1.54, 1.807) is 42.0 Å². The van der Waals surface area contributed by atoms with Gasteiger partial charge in [-0.25, -0.2) is 0 Å². The number of thioether (sulfide) groups is 1. The van der Waals surface area contributed by atoms with Gasteiger partial charge in [0.15, 0.2) is 11.5 Å². The van der Waals surface area contributed by atoms with Crippen LogP contribution in [0.15, 0.2) is 65.7 Å². The third-order valence-electron chi connectivity index (χ3n) is 5.06. The molecule has 0 unspecified atom stereocenters. The normalized spacial score (nSPS) is 10.8. The van der Waals surface area contributed by atoms with Gasteiger partial charge in [0.05, 0.1) is 12.9 Å². The lowest BCUT2D eigenvalue weighted by Gasteiger charge is -2.08. The number of hydrogen-bond donors (Lipinski definition) is 2. The highest BCUT2D eigenvalue weighted by molar-refractivity contribution is 7.99. The first kappa shape index (κ1) is 23.2. The number of para-hydroxylation sites is 1. The zero-order valence-corrected chi connectivity index (χ0v) is 19.6. The van der Waals surface area contributed by atoms with Crippen LogP contribution in [0.5, 0.6) is 5.75 Å². The lowest BCUT2D eigenvalue weighted by Crippen LogP contribution is -2.26. The summed E-state index contributed by atoms with van der Waals surface area (Å²) in [5, 5.41) is 19.3. The number of ether oxygens (including phenoxy) is 1. The number of carbonyl (C=O) groups is 2. The van der Waals surface area contributed by atoms with E-state index in [1.807, 2.05) is 37.3 Å². The molecule has 2 heterocycles. The van der Waals surface area contributed by atoms with Gasteiger partial charge in [-0.05, 0) is 55.0 Å². The zero-order chi connectivity index (χ0) is 23.9. The Bertz CT molecular complexity index is 1310. The van der Waals surface area contributed by atoms with E-state index in [-0.39, 0.29) is 17.6 Å². The quantitative estimate of drug-likeness (QED) is 0.357. The SMILES string of the molecule is COc1ccc(C(=O)NCCc2nnc3ccc(SCC(=O)Nc4ccccc4C)nn23)cc1. The van der Waals surface area contributed by atoms with Crippen LogP contribution in [0.3, 0.4) is 0 Å². The molecule has 0 fully saturated rings. The molecule has 4 rings (SSSR count). The first-order chi connectivity index (χ1) is 16.5. The van der Waals surface area contributed by atoms with Crippen molar-refractivity contribution in [1.29, 1.82) is 0 Å². The third kappa shape index (κ3) is 5.70. The Kier molecular flexibility index (Phi) is 7.38. The molecular formula is C24H24N6O3S. The van der Waals surface area contributed by atoms with E-state index in [9.17, 15) is 9.59 Å². The van der Waals surface area contributed by atoms with Crippen LogP contribution >= 0.6 is 11.8 Å². The molecule has 0 aliphatic heterocycles. The van der Waals surface area contributed by atoms with Gasteiger partial charge >= 0.3 is 0 Å². The highest BCUT2D eigenvalue weighted by Gasteiger charge is 2.11. The van der Waals surface area contributed by atoms with E-state index in [4.69, 9.17) is 4.74 Å². The standard InChI is InChI=1S/C24H24N6O3S/c1-16-5-3-4-6-19(16)26-22(31)15-34-23-12-11-20-27-28-21(30(20)29-23)13-14-25-24(32)17-7-9-18(33-2)10-8-17/h3-12H,13-15H2,1-2H3,(H,25,32)(H,26,31). The van der Waals surface area contributed by atoms with Crippen molar-refractivity contribution >= 4 is 34.9 Å². The number of aromatic nitrogens is 4. The van der Waals surface area contributed by atoms with Gasteiger partial charge in [-0.1, -0.05) is 30.0 Å². The number of carbonyl (C=O) groups excluding carboxylic acids is 2. The molecule has 34 heavy (non-hydrogen) atoms. The van der Waals surface area contributed by atoms with Crippen LogP contribution in [0.2, 0.25) is 0 Å². The molecule has 0 spiro atoms. The summed E-state index contributed by atoms with van der Waals surface area (Å²) < 4.78 is 6.75. The highest BCUT2D eigenvalue weighted by atomic mass is 32.2. The fraction of sp³-hybridized carbons (Fsp3) is 0.208. The van der Waals surface area contributed by atoms with Gasteiger partial charge in [0.2, 0.25) is 5.91 Å². The van der Waals surface area contributed by atoms with Gasteiger partial charge in [-0.3, -0.25) is 9.59 Å². The fourth-order valence-corrected chi connectivity index (χ4v) is 3.88. The zero-order valence-electron chi connectivity index (χ0n) is 18.8. The predicted octanol–water partition coefficient (Wildman–Crippen LogP) is 3.14. The molecule has 0 saturated carbocycles. The van der Waals surface area contributed by atoms with Crippen LogP contribution in [0.25, 0.3) is 5.65 Å². The molecule has 0 atom stereocenters. The molecular weight excluding hydrogens is 452 g/mol. The van der Waals surface area contributed by atoms with Gasteiger partial charge in [0, 0.05) is 24.2 Å². The first-order valence-electron chi connectivity index (χ1n) is 10.7. The van der Waals surface area contributed by atoms with Gasteiger partial charge in [-0.15, -0.1) is 10.2 Å². The molecule has 0 bridgehead atoms. The molecule has 10 heteroatoms. The second-order valence-corrected chi connectivity index (χ2v) is 8.44. The monoisotopic (exact) mass is 476 g/mol. The lowest BCUT2D eigenvalue weighted by atomic mass is 10.2. The van der Waals surface area contributed by atoms with Crippen molar-refractivity contribution in [3.63, 3.8) is 0 Å². The first-order valence-corrected chi connectivity index (χ1v) is 11.6. The molecule has 2 N–H and O–H groups in total. The Morgan fingerprint density at radius 1 is 1.03 bits per heavy atom. The molecule has 2 aromatic heterocycles. The van der Waals surface area contributed by atoms with E-state index in [0.717, 1.165) is 11.3 Å². The maximum atomic E-state index is 12.3. The molecule has 0 aliphatic rings. The van der Waals surface area contributed by atoms with Crippen molar-refractivity contribution in [3.05, 3.63) is 77.6 Å². The van der Waals surface area contributed by atoms with Crippen molar-refractivity contribution in [3.8, 4) is 5.75 Å². The molecule has 2 aromatic carbocycles. The number of benzene rings is 2. The number of amides is 2. The molecule has 174 valence electrons. The highest BCUT2D eigenvalue weighted by Crippen LogP contribution is 2.18. The largest absolute Gasteiger partial charge is 0.497 e. The van der Waals surface area contributed by atoms with Gasteiger partial charge < -0.3 is 15.4 Å². The van der Waals surface area contributed by atoms with Crippen molar-refractivity contribution in [1.82, 2.24) is 25.1 Å². The number of anilines is 1. The maximum Gasteiger partial charge on any atom is 0.251 e. The summed E-state index contributed by atoms with van der Waals surface area (Å²) in [5.74, 6) is 1.25. The summed E-state index contributed by atoms with van der Waals surface area (Å²) in [6.45, 7) is 2.33. The van der Waals surface area contributed by atoms with Gasteiger partial charge in [-0.2, -0.15) is 9.61 Å². The maximum absolute atomic E-state index is 12.3.